The van der Waals surface area contributed by atoms with Gasteiger partial charge >= 0.3 is 5.97 Å². The smallest absolute Gasteiger partial charge is 0.310 e. The van der Waals surface area contributed by atoms with Crippen molar-refractivity contribution in [1.29, 1.82) is 0 Å². The van der Waals surface area contributed by atoms with Crippen LogP contribution >= 0.6 is 0 Å². The Hall–Kier alpha value is -1.85. The van der Waals surface area contributed by atoms with Gasteiger partial charge in [0, 0.05) is 25.4 Å². The first kappa shape index (κ1) is 11.6. The van der Waals surface area contributed by atoms with Crippen LogP contribution in [0.3, 0.4) is 0 Å². The van der Waals surface area contributed by atoms with Crippen molar-refractivity contribution in [3.8, 4) is 5.88 Å². The third-order valence-corrected chi connectivity index (χ3v) is 2.59. The highest BCUT2D eigenvalue weighted by atomic mass is 16.5. The van der Waals surface area contributed by atoms with Gasteiger partial charge in [0.25, 0.3) is 0 Å². The Morgan fingerprint density at radius 1 is 1.65 bits per heavy atom. The highest BCUT2D eigenvalue weighted by Gasteiger charge is 2.34. The number of carboxylic acids is 1. The first-order valence-corrected chi connectivity index (χ1v) is 5.64. The lowest BCUT2D eigenvalue weighted by Gasteiger charge is -2.36. The minimum Gasteiger partial charge on any atom is -0.481 e. The van der Waals surface area contributed by atoms with Gasteiger partial charge in [0.1, 0.15) is 0 Å². The van der Waals surface area contributed by atoms with Crippen molar-refractivity contribution in [1.82, 2.24) is 9.97 Å². The van der Waals surface area contributed by atoms with E-state index in [4.69, 9.17) is 9.84 Å². The second-order valence-corrected chi connectivity index (χ2v) is 3.98. The van der Waals surface area contributed by atoms with E-state index in [1.165, 1.54) is 0 Å². The molecule has 17 heavy (non-hydrogen) atoms. The first-order valence-electron chi connectivity index (χ1n) is 5.64. The van der Waals surface area contributed by atoms with Gasteiger partial charge in [-0.05, 0) is 6.42 Å². The number of rotatable bonds is 5. The molecule has 6 heteroatoms. The maximum Gasteiger partial charge on any atom is 0.310 e. The van der Waals surface area contributed by atoms with Crippen LogP contribution in [0.25, 0.3) is 0 Å². The molecular weight excluding hydrogens is 222 g/mol. The Morgan fingerprint density at radius 3 is 3.06 bits per heavy atom. The van der Waals surface area contributed by atoms with E-state index in [9.17, 15) is 4.79 Å². The van der Waals surface area contributed by atoms with Gasteiger partial charge in [-0.25, -0.2) is 4.98 Å². The summed E-state index contributed by atoms with van der Waals surface area (Å²) >= 11 is 0. The molecule has 0 saturated carbocycles. The van der Waals surface area contributed by atoms with Gasteiger partial charge in [0.15, 0.2) is 0 Å². The summed E-state index contributed by atoms with van der Waals surface area (Å²) in [5, 5.41) is 8.78. The maximum atomic E-state index is 10.7. The Kier molecular flexibility index (Phi) is 3.41. The number of carboxylic acid groups (broad SMARTS) is 1. The van der Waals surface area contributed by atoms with E-state index in [0.717, 1.165) is 6.42 Å². The van der Waals surface area contributed by atoms with Gasteiger partial charge in [0.05, 0.1) is 12.5 Å². The molecule has 1 fully saturated rings. The predicted octanol–water partition coefficient (Wildman–Crippen LogP) is 0.786. The number of aromatic nitrogens is 2. The molecule has 1 aliphatic rings. The fourth-order valence-electron chi connectivity index (χ4n) is 1.57. The van der Waals surface area contributed by atoms with Gasteiger partial charge < -0.3 is 14.7 Å². The van der Waals surface area contributed by atoms with Crippen LogP contribution < -0.4 is 9.64 Å². The van der Waals surface area contributed by atoms with Crippen molar-refractivity contribution in [3.63, 3.8) is 0 Å². The Morgan fingerprint density at radius 2 is 2.41 bits per heavy atom. The number of ether oxygens (including phenoxy) is 1. The zero-order valence-electron chi connectivity index (χ0n) is 9.67. The zero-order chi connectivity index (χ0) is 12.3. The Bertz CT molecular complexity index is 405. The lowest BCUT2D eigenvalue weighted by atomic mass is 10.0. The second kappa shape index (κ2) is 4.99. The fourth-order valence-corrected chi connectivity index (χ4v) is 1.57. The molecule has 2 heterocycles. The Labute approximate surface area is 99.2 Å². The predicted molar refractivity (Wildman–Crippen MR) is 61.2 cm³/mol. The number of nitrogens with zero attached hydrogens (tertiary/aromatic N) is 3. The zero-order valence-corrected chi connectivity index (χ0v) is 9.67. The topological polar surface area (TPSA) is 75.5 Å². The van der Waals surface area contributed by atoms with Crippen LogP contribution in [-0.2, 0) is 4.79 Å². The number of carbonyl (C=O) groups is 1. The standard InChI is InChI=1S/C11H15N3O3/c1-2-5-17-9-3-4-12-11(13-9)14-6-8(7-14)10(15)16/h3-4,8H,2,5-7H2,1H3,(H,15,16). The molecule has 2 rings (SSSR count). The van der Waals surface area contributed by atoms with Crippen molar-refractivity contribution < 1.29 is 14.6 Å². The van der Waals surface area contributed by atoms with Crippen molar-refractivity contribution >= 4 is 11.9 Å². The van der Waals surface area contributed by atoms with Gasteiger partial charge in [-0.3, -0.25) is 4.79 Å². The summed E-state index contributed by atoms with van der Waals surface area (Å²) in [7, 11) is 0. The van der Waals surface area contributed by atoms with E-state index in [-0.39, 0.29) is 5.92 Å². The number of anilines is 1. The molecule has 0 spiro atoms. The van der Waals surface area contributed by atoms with Gasteiger partial charge in [-0.1, -0.05) is 6.92 Å². The monoisotopic (exact) mass is 237 g/mol. The largest absolute Gasteiger partial charge is 0.481 e. The average Bonchev–Trinajstić information content (AvgIpc) is 2.24. The summed E-state index contributed by atoms with van der Waals surface area (Å²) in [4.78, 5) is 20.8. The number of hydrogen-bond donors (Lipinski definition) is 1. The molecule has 0 aromatic carbocycles. The van der Waals surface area contributed by atoms with Crippen molar-refractivity contribution in [2.75, 3.05) is 24.6 Å². The van der Waals surface area contributed by atoms with Crippen LogP contribution in [-0.4, -0.2) is 40.7 Å². The molecule has 1 aliphatic heterocycles. The molecule has 1 saturated heterocycles. The average molecular weight is 237 g/mol. The second-order valence-electron chi connectivity index (χ2n) is 3.98. The fraction of sp³-hybridized carbons (Fsp3) is 0.545. The number of aliphatic carboxylic acids is 1. The summed E-state index contributed by atoms with van der Waals surface area (Å²) < 4.78 is 5.39. The molecular formula is C11H15N3O3. The normalized spacial score (nSPS) is 15.5. The molecule has 0 unspecified atom stereocenters. The minimum atomic E-state index is -0.764. The van der Waals surface area contributed by atoms with Crippen LogP contribution in [0.15, 0.2) is 12.3 Å². The summed E-state index contributed by atoms with van der Waals surface area (Å²) in [6.45, 7) is 3.57. The van der Waals surface area contributed by atoms with Crippen LogP contribution in [0.5, 0.6) is 5.88 Å². The Balaban J connectivity index is 1.96. The molecule has 0 aliphatic carbocycles. The van der Waals surface area contributed by atoms with Crippen molar-refractivity contribution in [3.05, 3.63) is 12.3 Å². The highest BCUT2D eigenvalue weighted by molar-refractivity contribution is 5.73. The third kappa shape index (κ3) is 2.64. The summed E-state index contributed by atoms with van der Waals surface area (Å²) in [6, 6.07) is 1.70. The maximum absolute atomic E-state index is 10.7. The summed E-state index contributed by atoms with van der Waals surface area (Å²) in [5.74, 6) is 0.00480. The van der Waals surface area contributed by atoms with Gasteiger partial charge in [-0.15, -0.1) is 0 Å². The van der Waals surface area contributed by atoms with Gasteiger partial charge in [0.2, 0.25) is 11.8 Å². The van der Waals surface area contributed by atoms with E-state index >= 15 is 0 Å². The van der Waals surface area contributed by atoms with Gasteiger partial charge in [-0.2, -0.15) is 4.98 Å². The number of hydrogen-bond acceptors (Lipinski definition) is 5. The van der Waals surface area contributed by atoms with Crippen molar-refractivity contribution in [2.45, 2.75) is 13.3 Å². The van der Waals surface area contributed by atoms with Crippen LogP contribution in [0, 0.1) is 5.92 Å². The van der Waals surface area contributed by atoms with Crippen LogP contribution in [0.4, 0.5) is 5.95 Å². The molecule has 1 N–H and O–H groups in total. The van der Waals surface area contributed by atoms with Crippen LogP contribution in [0.1, 0.15) is 13.3 Å². The molecule has 0 bridgehead atoms. The highest BCUT2D eigenvalue weighted by Crippen LogP contribution is 2.22. The molecule has 0 radical (unpaired) electrons. The quantitative estimate of drug-likeness (QED) is 0.815. The summed E-state index contributed by atoms with van der Waals surface area (Å²) in [5.41, 5.74) is 0. The van der Waals surface area contributed by atoms with E-state index < -0.39 is 5.97 Å². The van der Waals surface area contributed by atoms with E-state index in [2.05, 4.69) is 9.97 Å². The molecule has 1 aromatic rings. The first-order chi connectivity index (χ1) is 8.20. The molecule has 0 atom stereocenters. The summed E-state index contributed by atoms with van der Waals surface area (Å²) in [6.07, 6.45) is 2.55. The van der Waals surface area contributed by atoms with Crippen molar-refractivity contribution in [2.24, 2.45) is 5.92 Å². The van der Waals surface area contributed by atoms with E-state index in [1.807, 2.05) is 11.8 Å². The third-order valence-electron chi connectivity index (χ3n) is 2.59. The lowest BCUT2D eigenvalue weighted by molar-refractivity contribution is -0.142. The van der Waals surface area contributed by atoms with E-state index in [0.29, 0.717) is 31.5 Å². The minimum absolute atomic E-state index is 0.307. The SMILES string of the molecule is CCCOc1ccnc(N2CC(C(=O)O)C2)n1. The molecule has 92 valence electrons. The van der Waals surface area contributed by atoms with E-state index in [1.54, 1.807) is 12.3 Å². The molecule has 6 nitrogen and oxygen atoms in total. The lowest BCUT2D eigenvalue weighted by Crippen LogP contribution is -2.51. The molecule has 1 aromatic heterocycles. The van der Waals surface area contributed by atoms with Crippen LogP contribution in [0.2, 0.25) is 0 Å². The molecule has 0 amide bonds.